The Balaban J connectivity index is 1.44. The molecule has 1 aliphatic heterocycles. The molecule has 0 spiro atoms. The Morgan fingerprint density at radius 1 is 1.15 bits per heavy atom. The van der Waals surface area contributed by atoms with Crippen molar-refractivity contribution in [2.75, 3.05) is 29.9 Å². The highest BCUT2D eigenvalue weighted by Crippen LogP contribution is 2.25. The maximum Gasteiger partial charge on any atom is 0.236 e. The van der Waals surface area contributed by atoms with Crippen molar-refractivity contribution in [2.24, 2.45) is 0 Å². The van der Waals surface area contributed by atoms with Crippen molar-refractivity contribution in [1.29, 1.82) is 0 Å². The Morgan fingerprint density at radius 2 is 1.89 bits per heavy atom. The maximum absolute atomic E-state index is 12.1. The van der Waals surface area contributed by atoms with E-state index in [0.29, 0.717) is 10.9 Å². The fourth-order valence-electron chi connectivity index (χ4n) is 3.00. The Kier molecular flexibility index (Phi) is 7.29. The number of nitrogens with zero attached hydrogens (tertiary/aromatic N) is 2. The van der Waals surface area contributed by atoms with Crippen LogP contribution in [-0.4, -0.2) is 46.3 Å². The molecule has 7 heteroatoms. The molecule has 1 aliphatic rings. The molecule has 5 nitrogen and oxygen atoms in total. The number of hydrogen-bond donors (Lipinski definition) is 1. The number of likely N-dealkylation sites (tertiary alicyclic amines) is 1. The van der Waals surface area contributed by atoms with Crippen molar-refractivity contribution < 1.29 is 9.59 Å². The van der Waals surface area contributed by atoms with Crippen LogP contribution in [0.3, 0.4) is 0 Å². The first-order chi connectivity index (χ1) is 13.2. The van der Waals surface area contributed by atoms with Gasteiger partial charge >= 0.3 is 0 Å². The molecule has 0 radical (unpaired) electrons. The average Bonchev–Trinajstić information content (AvgIpc) is 3.17. The summed E-state index contributed by atoms with van der Waals surface area (Å²) < 4.78 is 0. The first-order valence-electron chi connectivity index (χ1n) is 9.36. The second-order valence-corrected chi connectivity index (χ2v) is 8.41. The summed E-state index contributed by atoms with van der Waals surface area (Å²) in [4.78, 5) is 30.6. The fraction of sp³-hybridized carbons (Fsp3) is 0.450. The Hall–Kier alpha value is -1.86. The molecule has 3 rings (SSSR count). The van der Waals surface area contributed by atoms with Crippen LogP contribution in [0.25, 0.3) is 11.3 Å². The number of anilines is 1. The average molecular weight is 404 g/mol. The Morgan fingerprint density at radius 3 is 2.59 bits per heavy atom. The molecule has 0 aliphatic carbocycles. The summed E-state index contributed by atoms with van der Waals surface area (Å²) in [6.07, 6.45) is 4.39. The number of carbonyl (C=O) groups excluding carboxylic acids is 2. The predicted molar refractivity (Wildman–Crippen MR) is 113 cm³/mol. The number of amides is 2. The minimum Gasteiger partial charge on any atom is -0.342 e. The maximum atomic E-state index is 12.1. The van der Waals surface area contributed by atoms with Crippen LogP contribution >= 0.6 is 23.1 Å². The molecule has 2 heterocycles. The zero-order valence-electron chi connectivity index (χ0n) is 15.6. The van der Waals surface area contributed by atoms with Gasteiger partial charge in [-0.15, -0.1) is 23.1 Å². The molecular formula is C20H25N3O2S2. The summed E-state index contributed by atoms with van der Waals surface area (Å²) >= 11 is 2.78. The standard InChI is InChI=1S/C20H25N3O2S2/c1-2-15-6-8-16(9-7-15)17-12-27-20(21-17)22-18(24)13-26-14-19(25)23-10-4-3-5-11-23/h6-9,12H,2-5,10-11,13-14H2,1H3,(H,21,22,24). The summed E-state index contributed by atoms with van der Waals surface area (Å²) in [5.74, 6) is 0.647. The summed E-state index contributed by atoms with van der Waals surface area (Å²) in [6, 6.07) is 8.31. The van der Waals surface area contributed by atoms with Gasteiger partial charge in [0.2, 0.25) is 11.8 Å². The molecule has 1 N–H and O–H groups in total. The van der Waals surface area contributed by atoms with Crippen molar-refractivity contribution >= 4 is 40.0 Å². The van der Waals surface area contributed by atoms with Gasteiger partial charge in [-0.2, -0.15) is 0 Å². The predicted octanol–water partition coefficient (Wildman–Crippen LogP) is 4.06. The highest BCUT2D eigenvalue weighted by atomic mass is 32.2. The van der Waals surface area contributed by atoms with Crippen molar-refractivity contribution in [3.63, 3.8) is 0 Å². The summed E-state index contributed by atoms with van der Waals surface area (Å²) in [5.41, 5.74) is 3.20. The lowest BCUT2D eigenvalue weighted by atomic mass is 10.1. The Labute approximate surface area is 168 Å². The monoisotopic (exact) mass is 403 g/mol. The molecule has 1 aromatic heterocycles. The van der Waals surface area contributed by atoms with Gasteiger partial charge < -0.3 is 10.2 Å². The highest BCUT2D eigenvalue weighted by Gasteiger charge is 2.17. The quantitative estimate of drug-likeness (QED) is 0.757. The van der Waals surface area contributed by atoms with Gasteiger partial charge in [0, 0.05) is 24.0 Å². The van der Waals surface area contributed by atoms with Crippen LogP contribution in [0.5, 0.6) is 0 Å². The molecule has 1 aromatic carbocycles. The smallest absolute Gasteiger partial charge is 0.236 e. The first kappa shape index (κ1) is 19.9. The van der Waals surface area contributed by atoms with Gasteiger partial charge in [-0.25, -0.2) is 4.98 Å². The number of aryl methyl sites for hydroxylation is 1. The van der Waals surface area contributed by atoms with Crippen LogP contribution < -0.4 is 5.32 Å². The number of nitrogens with one attached hydrogen (secondary N) is 1. The highest BCUT2D eigenvalue weighted by molar-refractivity contribution is 8.00. The Bertz CT molecular complexity index is 768. The van der Waals surface area contributed by atoms with E-state index < -0.39 is 0 Å². The number of hydrogen-bond acceptors (Lipinski definition) is 5. The molecule has 0 saturated carbocycles. The molecular weight excluding hydrogens is 378 g/mol. The molecule has 1 fully saturated rings. The molecule has 144 valence electrons. The number of benzene rings is 1. The topological polar surface area (TPSA) is 62.3 Å². The van der Waals surface area contributed by atoms with Crippen molar-refractivity contribution in [1.82, 2.24) is 9.88 Å². The largest absolute Gasteiger partial charge is 0.342 e. The molecule has 0 atom stereocenters. The lowest BCUT2D eigenvalue weighted by Crippen LogP contribution is -2.37. The third-order valence-electron chi connectivity index (χ3n) is 4.58. The number of thioether (sulfide) groups is 1. The summed E-state index contributed by atoms with van der Waals surface area (Å²) in [6.45, 7) is 3.84. The minimum atomic E-state index is -0.117. The van der Waals surface area contributed by atoms with Crippen LogP contribution in [0.2, 0.25) is 0 Å². The molecule has 0 unspecified atom stereocenters. The number of piperidine rings is 1. The van der Waals surface area contributed by atoms with E-state index in [-0.39, 0.29) is 17.6 Å². The lowest BCUT2D eigenvalue weighted by molar-refractivity contribution is -0.129. The molecule has 2 aromatic rings. The minimum absolute atomic E-state index is 0.117. The van der Waals surface area contributed by atoms with Crippen LogP contribution in [-0.2, 0) is 16.0 Å². The van der Waals surface area contributed by atoms with Gasteiger partial charge in [0.15, 0.2) is 5.13 Å². The van der Waals surface area contributed by atoms with E-state index in [9.17, 15) is 9.59 Å². The third-order valence-corrected chi connectivity index (χ3v) is 6.25. The van der Waals surface area contributed by atoms with Crippen LogP contribution in [0.1, 0.15) is 31.7 Å². The van der Waals surface area contributed by atoms with E-state index in [1.165, 1.54) is 35.1 Å². The second kappa shape index (κ2) is 9.90. The molecule has 0 bridgehead atoms. The van der Waals surface area contributed by atoms with Gasteiger partial charge in [0.05, 0.1) is 17.2 Å². The third kappa shape index (κ3) is 5.81. The van der Waals surface area contributed by atoms with Gasteiger partial charge in [0.1, 0.15) is 0 Å². The summed E-state index contributed by atoms with van der Waals surface area (Å²) in [5, 5.41) is 5.37. The lowest BCUT2D eigenvalue weighted by Gasteiger charge is -2.26. The SMILES string of the molecule is CCc1ccc(-c2csc(NC(=O)CSCC(=O)N3CCCCC3)n2)cc1. The van der Waals surface area contributed by atoms with Crippen molar-refractivity contribution in [3.8, 4) is 11.3 Å². The van der Waals surface area contributed by atoms with Crippen LogP contribution in [0.15, 0.2) is 29.6 Å². The van der Waals surface area contributed by atoms with Gasteiger partial charge in [-0.1, -0.05) is 31.2 Å². The van der Waals surface area contributed by atoms with Crippen molar-refractivity contribution in [3.05, 3.63) is 35.2 Å². The number of rotatable bonds is 7. The van der Waals surface area contributed by atoms with E-state index in [2.05, 4.69) is 41.5 Å². The number of carbonyl (C=O) groups is 2. The molecule has 1 saturated heterocycles. The zero-order valence-corrected chi connectivity index (χ0v) is 17.2. The van der Waals surface area contributed by atoms with E-state index in [1.807, 2.05) is 10.3 Å². The van der Waals surface area contributed by atoms with E-state index in [4.69, 9.17) is 0 Å². The fourth-order valence-corrected chi connectivity index (χ4v) is 4.45. The van der Waals surface area contributed by atoms with Crippen LogP contribution in [0.4, 0.5) is 5.13 Å². The molecule has 27 heavy (non-hydrogen) atoms. The van der Waals surface area contributed by atoms with Gasteiger partial charge in [0.25, 0.3) is 0 Å². The van der Waals surface area contributed by atoms with Crippen molar-refractivity contribution in [2.45, 2.75) is 32.6 Å². The zero-order chi connectivity index (χ0) is 19.1. The normalized spacial score (nSPS) is 14.2. The van der Waals surface area contributed by atoms with Crippen LogP contribution in [0, 0.1) is 0 Å². The summed E-state index contributed by atoms with van der Waals surface area (Å²) in [7, 11) is 0. The van der Waals surface area contributed by atoms with Gasteiger partial charge in [-0.3, -0.25) is 9.59 Å². The second-order valence-electron chi connectivity index (χ2n) is 6.57. The molecule has 2 amide bonds. The number of aromatic nitrogens is 1. The number of thiazole rings is 1. The van der Waals surface area contributed by atoms with E-state index in [1.54, 1.807) is 0 Å². The van der Waals surface area contributed by atoms with Gasteiger partial charge in [-0.05, 0) is 31.2 Å². The van der Waals surface area contributed by atoms with E-state index in [0.717, 1.165) is 43.6 Å². The van der Waals surface area contributed by atoms with E-state index >= 15 is 0 Å². The first-order valence-corrected chi connectivity index (χ1v) is 11.4.